The second kappa shape index (κ2) is 5.43. The number of benzene rings is 1. The summed E-state index contributed by atoms with van der Waals surface area (Å²) in [4.78, 5) is 10.7. The van der Waals surface area contributed by atoms with Crippen molar-refractivity contribution in [1.82, 2.24) is 0 Å². The molecule has 2 atom stereocenters. The molecule has 0 bridgehead atoms. The van der Waals surface area contributed by atoms with E-state index in [2.05, 4.69) is 0 Å². The summed E-state index contributed by atoms with van der Waals surface area (Å²) in [6.45, 7) is 1.80. The molecule has 2 unspecified atom stereocenters. The first-order chi connectivity index (χ1) is 7.95. The lowest BCUT2D eigenvalue weighted by Gasteiger charge is -2.18. The third-order valence-corrected chi connectivity index (χ3v) is 2.42. The Balaban J connectivity index is 3.02. The molecule has 0 radical (unpaired) electrons. The van der Waals surface area contributed by atoms with Crippen molar-refractivity contribution in [2.75, 3.05) is 0 Å². The van der Waals surface area contributed by atoms with Gasteiger partial charge in [0.1, 0.15) is 6.10 Å². The summed E-state index contributed by atoms with van der Waals surface area (Å²) < 4.78 is 0. The van der Waals surface area contributed by atoms with Gasteiger partial charge in [-0.15, -0.1) is 0 Å². The molecule has 17 heavy (non-hydrogen) atoms. The molecule has 4 N–H and O–H groups in total. The Morgan fingerprint density at radius 2 is 2.18 bits per heavy atom. The number of nitrogens with zero attached hydrogens (tertiary/aromatic N) is 1. The summed E-state index contributed by atoms with van der Waals surface area (Å²) >= 11 is 0. The predicted molar refractivity (Wildman–Crippen MR) is 60.7 cm³/mol. The highest BCUT2D eigenvalue weighted by atomic mass is 16.3. The van der Waals surface area contributed by atoms with Gasteiger partial charge < -0.3 is 15.9 Å². The van der Waals surface area contributed by atoms with Crippen LogP contribution in [0.2, 0.25) is 0 Å². The smallest absolute Gasteiger partial charge is 0.220 e. The molecule has 0 aliphatic carbocycles. The zero-order valence-corrected chi connectivity index (χ0v) is 9.42. The fraction of sp³-hybridized carbons (Fsp3) is 0.333. The van der Waals surface area contributed by atoms with E-state index < -0.39 is 18.1 Å². The second-order valence-corrected chi connectivity index (χ2v) is 3.89. The first-order valence-corrected chi connectivity index (χ1v) is 5.10. The van der Waals surface area contributed by atoms with Gasteiger partial charge in [-0.2, -0.15) is 5.26 Å². The molecular weight excluding hydrogens is 220 g/mol. The Morgan fingerprint density at radius 1 is 1.53 bits per heavy atom. The Bertz CT molecular complexity index is 465. The molecule has 0 heterocycles. The molecule has 0 fully saturated rings. The fourth-order valence-electron chi connectivity index (χ4n) is 1.55. The van der Waals surface area contributed by atoms with Gasteiger partial charge in [-0.05, 0) is 13.0 Å². The van der Waals surface area contributed by atoms with Crippen LogP contribution in [0, 0.1) is 18.3 Å². The maximum Gasteiger partial charge on any atom is 0.220 e. The number of aryl methyl sites for hydroxylation is 1. The van der Waals surface area contributed by atoms with Gasteiger partial charge in [0, 0.05) is 5.56 Å². The zero-order valence-electron chi connectivity index (χ0n) is 9.42. The Kier molecular flexibility index (Phi) is 4.21. The standard InChI is InChI=1S/C12H14N2O3/c1-7-2-3-8(6-13)9(4-7)12(17)10(15)5-11(14)16/h2-4,10,12,15,17H,5H2,1H3,(H2,14,16). The third kappa shape index (κ3) is 3.28. The van der Waals surface area contributed by atoms with Crippen LogP contribution in [-0.2, 0) is 4.79 Å². The molecule has 90 valence electrons. The molecule has 1 aromatic carbocycles. The van der Waals surface area contributed by atoms with E-state index in [-0.39, 0.29) is 12.0 Å². The van der Waals surface area contributed by atoms with E-state index in [0.717, 1.165) is 5.56 Å². The minimum Gasteiger partial charge on any atom is -0.390 e. The molecule has 0 saturated heterocycles. The van der Waals surface area contributed by atoms with Gasteiger partial charge in [0.2, 0.25) is 5.91 Å². The largest absolute Gasteiger partial charge is 0.390 e. The lowest BCUT2D eigenvalue weighted by atomic mass is 9.96. The average Bonchev–Trinajstić information content (AvgIpc) is 2.27. The number of rotatable bonds is 4. The quantitative estimate of drug-likeness (QED) is 0.688. The second-order valence-electron chi connectivity index (χ2n) is 3.89. The molecule has 1 aromatic rings. The maximum absolute atomic E-state index is 10.7. The van der Waals surface area contributed by atoms with E-state index in [1.165, 1.54) is 0 Å². The highest BCUT2D eigenvalue weighted by Gasteiger charge is 2.22. The van der Waals surface area contributed by atoms with Crippen LogP contribution in [0.15, 0.2) is 18.2 Å². The van der Waals surface area contributed by atoms with Crippen molar-refractivity contribution in [3.63, 3.8) is 0 Å². The Morgan fingerprint density at radius 3 is 2.71 bits per heavy atom. The van der Waals surface area contributed by atoms with Gasteiger partial charge in [-0.3, -0.25) is 4.79 Å². The van der Waals surface area contributed by atoms with Gasteiger partial charge in [0.25, 0.3) is 0 Å². The number of hydrogen-bond donors (Lipinski definition) is 3. The molecule has 0 aliphatic rings. The number of aliphatic hydroxyl groups is 2. The molecule has 5 nitrogen and oxygen atoms in total. The molecule has 5 heteroatoms. The molecular formula is C12H14N2O3. The van der Waals surface area contributed by atoms with Crippen LogP contribution in [0.5, 0.6) is 0 Å². The van der Waals surface area contributed by atoms with E-state index in [1.807, 2.05) is 6.07 Å². The van der Waals surface area contributed by atoms with Crippen molar-refractivity contribution >= 4 is 5.91 Å². The topological polar surface area (TPSA) is 107 Å². The summed E-state index contributed by atoms with van der Waals surface area (Å²) in [5.74, 6) is -0.706. The van der Waals surface area contributed by atoms with E-state index >= 15 is 0 Å². The van der Waals surface area contributed by atoms with E-state index in [0.29, 0.717) is 5.56 Å². The summed E-state index contributed by atoms with van der Waals surface area (Å²) in [6, 6.07) is 6.82. The van der Waals surface area contributed by atoms with Crippen molar-refractivity contribution in [2.45, 2.75) is 25.6 Å². The summed E-state index contributed by atoms with van der Waals surface area (Å²) in [5, 5.41) is 28.3. The van der Waals surface area contributed by atoms with Crippen LogP contribution in [0.4, 0.5) is 0 Å². The van der Waals surface area contributed by atoms with Gasteiger partial charge in [0.15, 0.2) is 0 Å². The zero-order chi connectivity index (χ0) is 13.0. The first kappa shape index (κ1) is 13.2. The van der Waals surface area contributed by atoms with Crippen LogP contribution >= 0.6 is 0 Å². The van der Waals surface area contributed by atoms with Crippen LogP contribution in [0.3, 0.4) is 0 Å². The first-order valence-electron chi connectivity index (χ1n) is 5.10. The third-order valence-electron chi connectivity index (χ3n) is 2.42. The fourth-order valence-corrected chi connectivity index (χ4v) is 1.55. The van der Waals surface area contributed by atoms with Crippen LogP contribution in [-0.4, -0.2) is 22.2 Å². The van der Waals surface area contributed by atoms with Crippen molar-refractivity contribution < 1.29 is 15.0 Å². The Hall–Kier alpha value is -1.90. The summed E-state index contributed by atoms with van der Waals surface area (Å²) in [5.41, 5.74) is 6.36. The van der Waals surface area contributed by atoms with E-state index in [9.17, 15) is 15.0 Å². The number of primary amides is 1. The lowest BCUT2D eigenvalue weighted by Crippen LogP contribution is -2.26. The molecule has 0 spiro atoms. The number of nitriles is 1. The maximum atomic E-state index is 10.7. The molecule has 1 amide bonds. The number of carbonyl (C=O) groups excluding carboxylic acids is 1. The molecule has 0 aliphatic heterocycles. The van der Waals surface area contributed by atoms with Gasteiger partial charge >= 0.3 is 0 Å². The van der Waals surface area contributed by atoms with Gasteiger partial charge in [-0.1, -0.05) is 17.7 Å². The van der Waals surface area contributed by atoms with Gasteiger partial charge in [0.05, 0.1) is 24.2 Å². The number of nitrogens with two attached hydrogens (primary N) is 1. The summed E-state index contributed by atoms with van der Waals surface area (Å²) in [6.07, 6.45) is -2.95. The van der Waals surface area contributed by atoms with Gasteiger partial charge in [-0.25, -0.2) is 0 Å². The van der Waals surface area contributed by atoms with Crippen molar-refractivity contribution in [3.05, 3.63) is 34.9 Å². The van der Waals surface area contributed by atoms with Crippen LogP contribution in [0.1, 0.15) is 29.2 Å². The number of aliphatic hydroxyl groups excluding tert-OH is 2. The summed E-state index contributed by atoms with van der Waals surface area (Å²) in [7, 11) is 0. The normalized spacial score (nSPS) is 13.8. The molecule has 0 saturated carbocycles. The van der Waals surface area contributed by atoms with Crippen molar-refractivity contribution in [3.8, 4) is 6.07 Å². The van der Waals surface area contributed by atoms with Crippen molar-refractivity contribution in [1.29, 1.82) is 5.26 Å². The minimum absolute atomic E-state index is 0.270. The van der Waals surface area contributed by atoms with E-state index in [1.54, 1.807) is 25.1 Å². The highest BCUT2D eigenvalue weighted by molar-refractivity contribution is 5.74. The number of amides is 1. The number of hydrogen-bond acceptors (Lipinski definition) is 4. The SMILES string of the molecule is Cc1ccc(C#N)c(C(O)C(O)CC(N)=O)c1. The average molecular weight is 234 g/mol. The van der Waals surface area contributed by atoms with E-state index in [4.69, 9.17) is 11.0 Å². The van der Waals surface area contributed by atoms with Crippen LogP contribution in [0.25, 0.3) is 0 Å². The number of carbonyl (C=O) groups is 1. The van der Waals surface area contributed by atoms with Crippen molar-refractivity contribution in [2.24, 2.45) is 5.73 Å². The monoisotopic (exact) mass is 234 g/mol. The van der Waals surface area contributed by atoms with Crippen LogP contribution < -0.4 is 5.73 Å². The molecule has 0 aromatic heterocycles. The lowest BCUT2D eigenvalue weighted by molar-refractivity contribution is -0.121. The predicted octanol–water partition coefficient (Wildman–Crippen LogP) is 0.136. The highest BCUT2D eigenvalue weighted by Crippen LogP contribution is 2.23. The Labute approximate surface area is 99.1 Å². The molecule has 1 rings (SSSR count). The minimum atomic E-state index is -1.30.